The first-order chi connectivity index (χ1) is 13.2. The van der Waals surface area contributed by atoms with Crippen LogP contribution < -0.4 is 14.8 Å². The molecule has 2 N–H and O–H groups in total. The fraction of sp³-hybridized carbons (Fsp3) is 0.316. The first kappa shape index (κ1) is 23.1. The Bertz CT molecular complexity index is 1000. The standard InChI is InChI=1S/C18H19ClFN3O4S.CH4/c1-23-16(18(24)21-11-7-8-14(20)13(19)9-11)10-15(22-28(23,25)26)12-5-3-4-6-17(12)27-2;/h3-9,15-16,22H,10H2,1-2H3,(H,21,24);1H4. The van der Waals surface area contributed by atoms with Crippen LogP contribution in [0, 0.1) is 5.82 Å². The summed E-state index contributed by atoms with van der Waals surface area (Å²) >= 11 is 5.74. The maximum Gasteiger partial charge on any atom is 0.280 e. The number of nitrogens with one attached hydrogen (secondary N) is 2. The Labute approximate surface area is 175 Å². The molecular weight excluding hydrogens is 421 g/mol. The molecular formula is C19H23ClFN3O4S. The molecule has 1 fully saturated rings. The zero-order valence-electron chi connectivity index (χ0n) is 15.1. The molecule has 158 valence electrons. The van der Waals surface area contributed by atoms with Crippen LogP contribution in [0.5, 0.6) is 5.75 Å². The predicted molar refractivity (Wildman–Crippen MR) is 111 cm³/mol. The quantitative estimate of drug-likeness (QED) is 0.758. The second-order valence-corrected chi connectivity index (χ2v) is 8.47. The molecule has 1 heterocycles. The summed E-state index contributed by atoms with van der Waals surface area (Å²) in [7, 11) is -1.09. The second-order valence-electron chi connectivity index (χ2n) is 6.30. The molecule has 10 heteroatoms. The lowest BCUT2D eigenvalue weighted by molar-refractivity contribution is -0.120. The van der Waals surface area contributed by atoms with E-state index in [2.05, 4.69) is 10.0 Å². The second kappa shape index (κ2) is 9.08. The van der Waals surface area contributed by atoms with Crippen LogP contribution in [-0.4, -0.2) is 38.8 Å². The Morgan fingerprint density at radius 3 is 2.66 bits per heavy atom. The molecule has 0 spiro atoms. The first-order valence-corrected chi connectivity index (χ1v) is 10.2. The topological polar surface area (TPSA) is 87.7 Å². The number of rotatable bonds is 4. The highest BCUT2D eigenvalue weighted by atomic mass is 35.5. The molecule has 0 aliphatic carbocycles. The number of hydrogen-bond donors (Lipinski definition) is 2. The van der Waals surface area contributed by atoms with E-state index in [1.54, 1.807) is 24.3 Å². The van der Waals surface area contributed by atoms with Crippen LogP contribution in [0.2, 0.25) is 5.02 Å². The number of hydrogen-bond acceptors (Lipinski definition) is 4. The third-order valence-corrected chi connectivity index (χ3v) is 6.46. The highest BCUT2D eigenvalue weighted by Gasteiger charge is 2.41. The highest BCUT2D eigenvalue weighted by Crippen LogP contribution is 2.33. The largest absolute Gasteiger partial charge is 0.496 e. The van der Waals surface area contributed by atoms with E-state index in [0.717, 1.165) is 10.4 Å². The van der Waals surface area contributed by atoms with Crippen LogP contribution in [0.1, 0.15) is 25.5 Å². The monoisotopic (exact) mass is 443 g/mol. The van der Waals surface area contributed by atoms with Gasteiger partial charge in [0.2, 0.25) is 5.91 Å². The SMILES string of the molecule is C.COc1ccccc1C1CC(C(=O)Nc2ccc(F)c(Cl)c2)N(C)S(=O)(=O)N1. The molecule has 7 nitrogen and oxygen atoms in total. The van der Waals surface area contributed by atoms with Gasteiger partial charge in [-0.3, -0.25) is 4.79 Å². The van der Waals surface area contributed by atoms with E-state index in [0.29, 0.717) is 11.3 Å². The highest BCUT2D eigenvalue weighted by molar-refractivity contribution is 7.87. The molecule has 0 radical (unpaired) electrons. The Balaban J connectivity index is 0.00000300. The van der Waals surface area contributed by atoms with Crippen LogP contribution in [0.15, 0.2) is 42.5 Å². The average molecular weight is 444 g/mol. The van der Waals surface area contributed by atoms with Gasteiger partial charge in [0.05, 0.1) is 18.2 Å². The zero-order chi connectivity index (χ0) is 20.5. The number of ether oxygens (including phenoxy) is 1. The van der Waals surface area contributed by atoms with Crippen LogP contribution in [0.25, 0.3) is 0 Å². The van der Waals surface area contributed by atoms with Gasteiger partial charge >= 0.3 is 0 Å². The predicted octanol–water partition coefficient (Wildman–Crippen LogP) is 3.34. The summed E-state index contributed by atoms with van der Waals surface area (Å²) in [5, 5.41) is 2.45. The summed E-state index contributed by atoms with van der Waals surface area (Å²) < 4.78 is 47.3. The molecule has 2 aromatic carbocycles. The first-order valence-electron chi connectivity index (χ1n) is 8.37. The van der Waals surface area contributed by atoms with Gasteiger partial charge in [0, 0.05) is 18.3 Å². The van der Waals surface area contributed by atoms with Crippen LogP contribution in [0.4, 0.5) is 10.1 Å². The van der Waals surface area contributed by atoms with Crippen LogP contribution in [0.3, 0.4) is 0 Å². The molecule has 0 aromatic heterocycles. The number of para-hydroxylation sites is 1. The van der Waals surface area contributed by atoms with Crippen molar-refractivity contribution in [2.45, 2.75) is 25.9 Å². The van der Waals surface area contributed by atoms with Gasteiger partial charge in [-0.25, -0.2) is 4.39 Å². The molecule has 1 amide bonds. The molecule has 2 unspecified atom stereocenters. The molecule has 29 heavy (non-hydrogen) atoms. The fourth-order valence-electron chi connectivity index (χ4n) is 3.07. The number of methoxy groups -OCH3 is 1. The van der Waals surface area contributed by atoms with Crippen LogP contribution in [-0.2, 0) is 15.0 Å². The van der Waals surface area contributed by atoms with Gasteiger partial charge in [-0.15, -0.1) is 0 Å². The molecule has 0 saturated carbocycles. The summed E-state index contributed by atoms with van der Waals surface area (Å²) in [6, 6.07) is 9.11. The Hall–Kier alpha value is -2.20. The maximum atomic E-state index is 13.3. The molecule has 0 bridgehead atoms. The number of carbonyl (C=O) groups is 1. The minimum atomic E-state index is -3.90. The lowest BCUT2D eigenvalue weighted by atomic mass is 9.98. The Morgan fingerprint density at radius 2 is 2.00 bits per heavy atom. The number of carbonyl (C=O) groups excluding carboxylic acids is 1. The number of amides is 1. The normalized spacial score (nSPS) is 21.1. The van der Waals surface area contributed by atoms with Gasteiger partial charge in [-0.2, -0.15) is 17.4 Å². The summed E-state index contributed by atoms with van der Waals surface area (Å²) in [6.07, 6.45) is 0.177. The van der Waals surface area contributed by atoms with E-state index >= 15 is 0 Å². The molecule has 1 aliphatic heterocycles. The van der Waals surface area contributed by atoms with Crippen molar-refractivity contribution in [1.82, 2.24) is 9.03 Å². The number of benzene rings is 2. The van der Waals surface area contributed by atoms with E-state index in [-0.39, 0.29) is 24.6 Å². The van der Waals surface area contributed by atoms with Crippen molar-refractivity contribution in [1.29, 1.82) is 0 Å². The van der Waals surface area contributed by atoms with Gasteiger partial charge in [0.1, 0.15) is 17.6 Å². The summed E-state index contributed by atoms with van der Waals surface area (Å²) in [6.45, 7) is 0. The van der Waals surface area contributed by atoms with Crippen molar-refractivity contribution in [2.24, 2.45) is 0 Å². The molecule has 3 rings (SSSR count). The lowest BCUT2D eigenvalue weighted by Crippen LogP contribution is -2.56. The minimum Gasteiger partial charge on any atom is -0.496 e. The Kier molecular flexibility index (Phi) is 7.23. The summed E-state index contributed by atoms with van der Waals surface area (Å²) in [4.78, 5) is 12.8. The lowest BCUT2D eigenvalue weighted by Gasteiger charge is -2.36. The Morgan fingerprint density at radius 1 is 1.31 bits per heavy atom. The molecule has 1 saturated heterocycles. The van der Waals surface area contributed by atoms with E-state index < -0.39 is 34.0 Å². The van der Waals surface area contributed by atoms with E-state index in [1.807, 2.05) is 0 Å². The summed E-state index contributed by atoms with van der Waals surface area (Å²) in [5.74, 6) is -0.642. The van der Waals surface area contributed by atoms with Crippen molar-refractivity contribution in [3.63, 3.8) is 0 Å². The third kappa shape index (κ3) is 4.87. The smallest absolute Gasteiger partial charge is 0.280 e. The van der Waals surface area contributed by atoms with Crippen LogP contribution >= 0.6 is 11.6 Å². The number of likely N-dealkylation sites (N-methyl/N-ethyl adjacent to an activating group) is 1. The number of halogens is 2. The number of anilines is 1. The van der Waals surface area contributed by atoms with Gasteiger partial charge < -0.3 is 10.1 Å². The van der Waals surface area contributed by atoms with E-state index in [4.69, 9.17) is 16.3 Å². The van der Waals surface area contributed by atoms with Gasteiger partial charge in [0.15, 0.2) is 0 Å². The van der Waals surface area contributed by atoms with E-state index in [9.17, 15) is 17.6 Å². The van der Waals surface area contributed by atoms with Gasteiger partial charge in [-0.1, -0.05) is 37.2 Å². The summed E-state index contributed by atoms with van der Waals surface area (Å²) in [5.41, 5.74) is 0.902. The van der Waals surface area contributed by atoms with Crippen molar-refractivity contribution < 1.29 is 22.3 Å². The van der Waals surface area contributed by atoms with Gasteiger partial charge in [-0.05, 0) is 30.7 Å². The van der Waals surface area contributed by atoms with E-state index in [1.165, 1.54) is 26.3 Å². The molecule has 2 atom stereocenters. The molecule has 1 aliphatic rings. The van der Waals surface area contributed by atoms with Crippen molar-refractivity contribution in [3.8, 4) is 5.75 Å². The van der Waals surface area contributed by atoms with Crippen molar-refractivity contribution in [3.05, 3.63) is 58.9 Å². The molecule has 2 aromatic rings. The third-order valence-electron chi connectivity index (χ3n) is 4.57. The van der Waals surface area contributed by atoms with Gasteiger partial charge in [0.25, 0.3) is 10.2 Å². The maximum absolute atomic E-state index is 13.3. The zero-order valence-corrected chi connectivity index (χ0v) is 16.7. The van der Waals surface area contributed by atoms with Crippen molar-refractivity contribution >= 4 is 33.4 Å². The average Bonchev–Trinajstić information content (AvgIpc) is 2.66. The number of nitrogens with zero attached hydrogens (tertiary/aromatic N) is 1. The minimum absolute atomic E-state index is 0. The van der Waals surface area contributed by atoms with Crippen molar-refractivity contribution in [2.75, 3.05) is 19.5 Å². The fourth-order valence-corrected chi connectivity index (χ4v) is 4.51.